The molecule has 0 aliphatic heterocycles. The third-order valence-electron chi connectivity index (χ3n) is 11.2. The molecule has 7 nitrogen and oxygen atoms in total. The average molecular weight is 773 g/mol. The number of nitrogens with zero attached hydrogens (tertiary/aromatic N) is 2. The third kappa shape index (κ3) is 8.30. The predicted octanol–water partition coefficient (Wildman–Crippen LogP) is 14.1. The third-order valence-corrected chi connectivity index (χ3v) is 12.0. The molecule has 8 heteroatoms. The van der Waals surface area contributed by atoms with E-state index in [9.17, 15) is 4.57 Å². The summed E-state index contributed by atoms with van der Waals surface area (Å²) in [5.74, 6) is 1.35. The molecule has 2 aliphatic carbocycles. The smallest absolute Gasteiger partial charge is 0.418 e. The molecule has 0 spiro atoms. The number of hydrogen-bond acceptors (Lipinski definition) is 7. The van der Waals surface area contributed by atoms with Crippen LogP contribution in [0, 0.1) is 0 Å². The van der Waals surface area contributed by atoms with E-state index in [4.69, 9.17) is 18.7 Å². The summed E-state index contributed by atoms with van der Waals surface area (Å²) in [5, 5.41) is 13.6. The van der Waals surface area contributed by atoms with Gasteiger partial charge in [0.15, 0.2) is 0 Å². The molecule has 294 valence electrons. The van der Waals surface area contributed by atoms with Crippen LogP contribution in [-0.4, -0.2) is 25.6 Å². The molecular weight excluding hydrogens is 716 g/mol. The zero-order chi connectivity index (χ0) is 39.8. The largest absolute Gasteiger partial charge is 0.422 e. The van der Waals surface area contributed by atoms with Crippen LogP contribution in [0.3, 0.4) is 0 Å². The van der Waals surface area contributed by atoms with Crippen molar-refractivity contribution in [3.63, 3.8) is 0 Å². The fraction of sp³-hybridized carbons (Fsp3) is 0.375. The summed E-state index contributed by atoms with van der Waals surface area (Å²) in [7, 11) is 0.197. The number of oxime groups is 2. The number of benzene rings is 4. The van der Waals surface area contributed by atoms with Gasteiger partial charge in [0.05, 0.1) is 11.4 Å². The molecule has 2 aliphatic rings. The van der Waals surface area contributed by atoms with E-state index in [1.807, 2.05) is 0 Å². The second-order valence-corrected chi connectivity index (χ2v) is 15.5. The van der Waals surface area contributed by atoms with E-state index in [1.54, 1.807) is 14.2 Å². The van der Waals surface area contributed by atoms with Crippen molar-refractivity contribution in [2.24, 2.45) is 10.3 Å². The van der Waals surface area contributed by atoms with Crippen LogP contribution >= 0.6 is 8.25 Å². The maximum atomic E-state index is 14.2. The first-order valence-electron chi connectivity index (χ1n) is 20.3. The number of rotatable bonds is 14. The quantitative estimate of drug-likeness (QED) is 0.0724. The van der Waals surface area contributed by atoms with E-state index < -0.39 is 8.25 Å². The highest BCUT2D eigenvalue weighted by Crippen LogP contribution is 2.46. The van der Waals surface area contributed by atoms with Crippen LogP contribution in [0.4, 0.5) is 0 Å². The van der Waals surface area contributed by atoms with E-state index in [2.05, 4.69) is 125 Å². The monoisotopic (exact) mass is 772 g/mol. The molecule has 0 atom stereocenters. The fourth-order valence-electron chi connectivity index (χ4n) is 8.73. The summed E-state index contributed by atoms with van der Waals surface area (Å²) in [5.41, 5.74) is 13.1. The second kappa shape index (κ2) is 18.8. The molecular formula is C48H57N2O5P. The van der Waals surface area contributed by atoms with Gasteiger partial charge in [0.25, 0.3) is 0 Å². The average Bonchev–Trinajstić information content (AvgIpc) is 3.21. The molecule has 4 aromatic rings. The Hall–Kier alpha value is -4.87. The SMILES string of the molecule is CC/C(O[PH](=O)O/C(CC)=C(\CC)c1ccc2ccccc2c1C1=C(C)CCC/C1=N\OC)=C(/CC)c1ccc2ccccc2c1C1=C(C)CCC/C1=N\OC. The van der Waals surface area contributed by atoms with E-state index in [0.29, 0.717) is 37.2 Å². The summed E-state index contributed by atoms with van der Waals surface area (Å²) >= 11 is 0. The van der Waals surface area contributed by atoms with E-state index in [1.165, 1.54) is 11.1 Å². The fourth-order valence-corrected chi connectivity index (χ4v) is 9.71. The highest BCUT2D eigenvalue weighted by molar-refractivity contribution is 7.33. The van der Waals surface area contributed by atoms with Crippen LogP contribution in [0.5, 0.6) is 0 Å². The molecule has 4 aromatic carbocycles. The van der Waals surface area contributed by atoms with Crippen molar-refractivity contribution in [3.05, 3.63) is 118 Å². The van der Waals surface area contributed by atoms with Gasteiger partial charge in [-0.3, -0.25) is 0 Å². The van der Waals surface area contributed by atoms with Crippen LogP contribution in [0.1, 0.15) is 128 Å². The van der Waals surface area contributed by atoms with Crippen molar-refractivity contribution in [2.75, 3.05) is 14.2 Å². The van der Waals surface area contributed by atoms with Crippen molar-refractivity contribution in [1.29, 1.82) is 0 Å². The van der Waals surface area contributed by atoms with Crippen LogP contribution in [-0.2, 0) is 23.3 Å². The topological polar surface area (TPSA) is 78.7 Å². The Balaban J connectivity index is 1.46. The molecule has 0 saturated heterocycles. The summed E-state index contributed by atoms with van der Waals surface area (Å²) < 4.78 is 27.2. The lowest BCUT2D eigenvalue weighted by Gasteiger charge is -2.26. The minimum absolute atomic E-state index is 0.557. The Morgan fingerprint density at radius 3 is 1.36 bits per heavy atom. The van der Waals surface area contributed by atoms with Crippen LogP contribution in [0.2, 0.25) is 0 Å². The first kappa shape index (κ1) is 40.8. The maximum absolute atomic E-state index is 14.2. The Morgan fingerprint density at radius 2 is 0.982 bits per heavy atom. The van der Waals surface area contributed by atoms with Crippen molar-refractivity contribution in [1.82, 2.24) is 0 Å². The first-order chi connectivity index (χ1) is 27.3. The maximum Gasteiger partial charge on any atom is 0.418 e. The second-order valence-electron chi connectivity index (χ2n) is 14.5. The van der Waals surface area contributed by atoms with Gasteiger partial charge in [0, 0.05) is 24.0 Å². The van der Waals surface area contributed by atoms with Crippen LogP contribution in [0.15, 0.2) is 106 Å². The summed E-state index contributed by atoms with van der Waals surface area (Å²) in [6.07, 6.45) is 8.22. The van der Waals surface area contributed by atoms with Gasteiger partial charge >= 0.3 is 8.25 Å². The zero-order valence-corrected chi connectivity index (χ0v) is 35.4. The zero-order valence-electron chi connectivity index (χ0n) is 34.4. The molecule has 0 bridgehead atoms. The summed E-state index contributed by atoms with van der Waals surface area (Å²) in [6, 6.07) is 25.7. The van der Waals surface area contributed by atoms with Gasteiger partial charge in [-0.25, -0.2) is 4.57 Å². The minimum atomic E-state index is -3.03. The van der Waals surface area contributed by atoms with Gasteiger partial charge in [-0.1, -0.05) is 122 Å². The van der Waals surface area contributed by atoms with Crippen LogP contribution < -0.4 is 0 Å². The summed E-state index contributed by atoms with van der Waals surface area (Å²) in [6.45, 7) is 12.8. The molecule has 0 radical (unpaired) electrons. The molecule has 0 heterocycles. The van der Waals surface area contributed by atoms with E-state index >= 15 is 0 Å². The highest BCUT2D eigenvalue weighted by Gasteiger charge is 2.28. The molecule has 6 rings (SSSR count). The Morgan fingerprint density at radius 1 is 0.571 bits per heavy atom. The summed E-state index contributed by atoms with van der Waals surface area (Å²) in [4.78, 5) is 10.8. The standard InChI is InChI=1S/C48H57N2O5P/c1-9-35(39-29-27-33-21-13-15-23-37(33)47(39)45-31(5)19-17-25-41(45)49-52-7)43(11-3)54-56(51)55-44(12-4)36(10-2)40-30-28-34-22-14-16-24-38(34)48(40)46-32(6)20-18-26-42(46)50-53-8/h13-16,21-24,27-30,56H,9-12,17-20,25-26H2,1-8H3/b43-35+,44-36+,49-41+,50-42+. The lowest BCUT2D eigenvalue weighted by Crippen LogP contribution is -2.13. The van der Waals surface area contributed by atoms with Crippen molar-refractivity contribution in [2.45, 2.75) is 106 Å². The lowest BCUT2D eigenvalue weighted by atomic mass is 9.80. The van der Waals surface area contributed by atoms with Crippen molar-refractivity contribution >= 4 is 63.5 Å². The minimum Gasteiger partial charge on any atom is -0.422 e. The van der Waals surface area contributed by atoms with Gasteiger partial charge in [-0.05, 0) is 120 Å². The predicted molar refractivity (Wildman–Crippen MR) is 236 cm³/mol. The van der Waals surface area contributed by atoms with E-state index in [-0.39, 0.29) is 0 Å². The first-order valence-corrected chi connectivity index (χ1v) is 21.5. The van der Waals surface area contributed by atoms with Gasteiger partial charge in [-0.2, -0.15) is 0 Å². The highest BCUT2D eigenvalue weighted by atomic mass is 31.1. The van der Waals surface area contributed by atoms with E-state index in [0.717, 1.165) is 116 Å². The molecule has 56 heavy (non-hydrogen) atoms. The number of allylic oxidation sites excluding steroid dienone is 8. The molecule has 0 N–H and O–H groups in total. The van der Waals surface area contributed by atoms with Gasteiger partial charge in [0.2, 0.25) is 0 Å². The molecule has 0 fully saturated rings. The van der Waals surface area contributed by atoms with Crippen LogP contribution in [0.25, 0.3) is 43.8 Å². The Labute approximate surface area is 333 Å². The Bertz CT molecular complexity index is 2170. The van der Waals surface area contributed by atoms with Crippen molar-refractivity contribution < 1.29 is 23.3 Å². The molecule has 0 unspecified atom stereocenters. The normalized spacial score (nSPS) is 18.0. The van der Waals surface area contributed by atoms with Gasteiger partial charge < -0.3 is 18.7 Å². The molecule has 0 aromatic heterocycles. The molecule has 0 amide bonds. The Kier molecular flexibility index (Phi) is 13.7. The van der Waals surface area contributed by atoms with Gasteiger partial charge in [0.1, 0.15) is 25.7 Å². The van der Waals surface area contributed by atoms with Crippen molar-refractivity contribution in [3.8, 4) is 0 Å². The number of fused-ring (bicyclic) bond motifs is 2. The number of hydrogen-bond donors (Lipinski definition) is 0. The van der Waals surface area contributed by atoms with Gasteiger partial charge in [-0.15, -0.1) is 0 Å². The lowest BCUT2D eigenvalue weighted by molar-refractivity contribution is 0.213. The molecule has 0 saturated carbocycles.